The molecule has 4 nitrogen and oxygen atoms in total. The summed E-state index contributed by atoms with van der Waals surface area (Å²) in [5.41, 5.74) is 2.35. The first-order chi connectivity index (χ1) is 16.0. The maximum Gasteiger partial charge on any atom is 0.163 e. The van der Waals surface area contributed by atoms with Crippen LogP contribution in [0.1, 0.15) is 12.0 Å². The molecule has 3 aromatic rings. The summed E-state index contributed by atoms with van der Waals surface area (Å²) in [6, 6.07) is 8.64. The predicted octanol–water partition coefficient (Wildman–Crippen LogP) is 6.21. The van der Waals surface area contributed by atoms with Gasteiger partial charge in [0.1, 0.15) is 17.8 Å². The molecule has 2 heterocycles. The largest absolute Gasteiger partial charge is 0.340 e. The minimum absolute atomic E-state index is 0.300. The standard InChI is InChI=1S/C25H18F4N4/c26-16-4-7-18(21(28)11-16)14-3-6-19-23(10-14)32-24(15-2-1-9-30-13-15)33-25(19)31-17-5-8-20(27)22(29)12-17/h1-10,12-13,16,20,22H,11H2,(H,31,32,33). The molecule has 1 N–H and O–H groups in total. The molecule has 0 radical (unpaired) electrons. The van der Waals surface area contributed by atoms with Gasteiger partial charge in [-0.15, -0.1) is 0 Å². The van der Waals surface area contributed by atoms with Crippen LogP contribution in [0.2, 0.25) is 0 Å². The Labute approximate surface area is 187 Å². The molecular weight excluding hydrogens is 432 g/mol. The Morgan fingerprint density at radius 3 is 2.58 bits per heavy atom. The minimum Gasteiger partial charge on any atom is -0.340 e. The highest BCUT2D eigenvalue weighted by Gasteiger charge is 2.21. The summed E-state index contributed by atoms with van der Waals surface area (Å²) in [6.45, 7) is 0. The molecule has 0 amide bonds. The van der Waals surface area contributed by atoms with E-state index in [2.05, 4.69) is 20.3 Å². The number of nitrogens with zero attached hydrogens (tertiary/aromatic N) is 3. The van der Waals surface area contributed by atoms with Crippen LogP contribution in [-0.2, 0) is 0 Å². The van der Waals surface area contributed by atoms with Crippen molar-refractivity contribution in [1.29, 1.82) is 0 Å². The lowest BCUT2D eigenvalue weighted by Gasteiger charge is -2.17. The van der Waals surface area contributed by atoms with E-state index in [4.69, 9.17) is 0 Å². The highest BCUT2D eigenvalue weighted by atomic mass is 19.2. The molecule has 0 bridgehead atoms. The van der Waals surface area contributed by atoms with Gasteiger partial charge in [0, 0.05) is 41.0 Å². The second-order valence-electron chi connectivity index (χ2n) is 7.76. The molecular formula is C25H18F4N4. The second kappa shape index (κ2) is 8.61. The number of allylic oxidation sites excluding steroid dienone is 7. The summed E-state index contributed by atoms with van der Waals surface area (Å²) in [5.74, 6) is 0.202. The molecule has 0 aliphatic heterocycles. The van der Waals surface area contributed by atoms with E-state index >= 15 is 0 Å². The molecule has 3 unspecified atom stereocenters. The van der Waals surface area contributed by atoms with E-state index in [0.717, 1.165) is 12.2 Å². The Hall–Kier alpha value is -3.81. The summed E-state index contributed by atoms with van der Waals surface area (Å²) in [6.07, 6.45) is 4.62. The third-order valence-corrected chi connectivity index (χ3v) is 5.43. The third kappa shape index (κ3) is 4.28. The van der Waals surface area contributed by atoms with Crippen molar-refractivity contribution < 1.29 is 17.6 Å². The monoisotopic (exact) mass is 450 g/mol. The molecule has 0 fully saturated rings. The Morgan fingerprint density at radius 1 is 0.939 bits per heavy atom. The topological polar surface area (TPSA) is 50.7 Å². The van der Waals surface area contributed by atoms with Crippen molar-refractivity contribution in [3.8, 4) is 11.4 Å². The van der Waals surface area contributed by atoms with E-state index in [1.165, 1.54) is 18.2 Å². The highest BCUT2D eigenvalue weighted by molar-refractivity contribution is 5.94. The van der Waals surface area contributed by atoms with E-state index in [-0.39, 0.29) is 6.42 Å². The number of hydrogen-bond donors (Lipinski definition) is 1. The first-order valence-electron chi connectivity index (χ1n) is 10.4. The van der Waals surface area contributed by atoms with Crippen LogP contribution in [0.25, 0.3) is 27.9 Å². The lowest BCUT2D eigenvalue weighted by atomic mass is 9.97. The average Bonchev–Trinajstić information content (AvgIpc) is 2.81. The zero-order chi connectivity index (χ0) is 22.9. The highest BCUT2D eigenvalue weighted by Crippen LogP contribution is 2.33. The number of anilines is 1. The van der Waals surface area contributed by atoms with Crippen molar-refractivity contribution in [2.45, 2.75) is 24.9 Å². The van der Waals surface area contributed by atoms with Crippen LogP contribution in [0.3, 0.4) is 0 Å². The van der Waals surface area contributed by atoms with Crippen molar-refractivity contribution >= 4 is 22.3 Å². The lowest BCUT2D eigenvalue weighted by molar-refractivity contribution is 0.244. The Morgan fingerprint density at radius 2 is 1.82 bits per heavy atom. The number of hydrogen-bond acceptors (Lipinski definition) is 4. The predicted molar refractivity (Wildman–Crippen MR) is 120 cm³/mol. The zero-order valence-corrected chi connectivity index (χ0v) is 17.2. The van der Waals surface area contributed by atoms with Crippen LogP contribution in [-0.4, -0.2) is 33.5 Å². The Balaban J connectivity index is 1.63. The summed E-state index contributed by atoms with van der Waals surface area (Å²) in [4.78, 5) is 13.3. The quantitative estimate of drug-likeness (QED) is 0.480. The number of benzene rings is 1. The van der Waals surface area contributed by atoms with Crippen LogP contribution in [0, 0.1) is 0 Å². The SMILES string of the molecule is FC1=C(c2ccc3c(NC4=CC(F)C(F)C=C4)nc(-c4cccnc4)nc3c2)C=CC(F)C1. The molecule has 5 rings (SSSR count). The first kappa shape index (κ1) is 21.1. The van der Waals surface area contributed by atoms with Gasteiger partial charge in [-0.05, 0) is 54.1 Å². The van der Waals surface area contributed by atoms with Crippen molar-refractivity contribution in [3.63, 3.8) is 0 Å². The van der Waals surface area contributed by atoms with Gasteiger partial charge in [0.2, 0.25) is 0 Å². The molecule has 1 aromatic carbocycles. The van der Waals surface area contributed by atoms with Crippen molar-refractivity contribution in [2.24, 2.45) is 0 Å². The van der Waals surface area contributed by atoms with E-state index in [1.54, 1.807) is 42.7 Å². The number of pyridine rings is 1. The third-order valence-electron chi connectivity index (χ3n) is 5.43. The van der Waals surface area contributed by atoms with Gasteiger partial charge in [0.05, 0.1) is 5.52 Å². The fourth-order valence-electron chi connectivity index (χ4n) is 3.75. The summed E-state index contributed by atoms with van der Waals surface area (Å²) >= 11 is 0. The smallest absolute Gasteiger partial charge is 0.163 e. The fraction of sp³-hybridized carbons (Fsp3) is 0.160. The van der Waals surface area contributed by atoms with Crippen molar-refractivity contribution in [2.75, 3.05) is 5.32 Å². The maximum atomic E-state index is 14.4. The van der Waals surface area contributed by atoms with Crippen molar-refractivity contribution in [1.82, 2.24) is 15.0 Å². The molecule has 2 aliphatic carbocycles. The zero-order valence-electron chi connectivity index (χ0n) is 17.2. The molecule has 3 atom stereocenters. The van der Waals surface area contributed by atoms with Crippen LogP contribution >= 0.6 is 0 Å². The Bertz CT molecular complexity index is 1330. The summed E-state index contributed by atoms with van der Waals surface area (Å²) in [5, 5.41) is 3.64. The fourth-order valence-corrected chi connectivity index (χ4v) is 3.75. The molecule has 0 saturated carbocycles. The van der Waals surface area contributed by atoms with Crippen LogP contribution in [0.4, 0.5) is 23.4 Å². The normalized spacial score (nSPS) is 22.5. The molecule has 2 aromatic heterocycles. The molecule has 2 aliphatic rings. The van der Waals surface area contributed by atoms with E-state index in [9.17, 15) is 17.6 Å². The molecule has 166 valence electrons. The number of alkyl halides is 3. The van der Waals surface area contributed by atoms with Crippen LogP contribution in [0.15, 0.2) is 84.6 Å². The average molecular weight is 450 g/mol. The summed E-state index contributed by atoms with van der Waals surface area (Å²) < 4.78 is 55.3. The number of halogens is 4. The van der Waals surface area contributed by atoms with Crippen LogP contribution < -0.4 is 5.32 Å². The number of nitrogens with one attached hydrogen (secondary N) is 1. The maximum absolute atomic E-state index is 14.4. The second-order valence-corrected chi connectivity index (χ2v) is 7.76. The minimum atomic E-state index is -1.76. The summed E-state index contributed by atoms with van der Waals surface area (Å²) in [7, 11) is 0. The number of rotatable bonds is 4. The van der Waals surface area contributed by atoms with E-state index in [1.807, 2.05) is 0 Å². The van der Waals surface area contributed by atoms with Crippen molar-refractivity contribution in [3.05, 3.63) is 90.2 Å². The molecule has 0 spiro atoms. The van der Waals surface area contributed by atoms with E-state index < -0.39 is 24.3 Å². The molecule has 8 heteroatoms. The van der Waals surface area contributed by atoms with Gasteiger partial charge >= 0.3 is 0 Å². The number of fused-ring (bicyclic) bond motifs is 1. The molecule has 0 saturated heterocycles. The van der Waals surface area contributed by atoms with Gasteiger partial charge in [-0.2, -0.15) is 0 Å². The van der Waals surface area contributed by atoms with Gasteiger partial charge in [0.15, 0.2) is 18.2 Å². The van der Waals surface area contributed by atoms with Gasteiger partial charge in [-0.1, -0.05) is 12.1 Å². The first-order valence-corrected chi connectivity index (χ1v) is 10.4. The Kier molecular flexibility index (Phi) is 5.50. The van der Waals surface area contributed by atoms with Gasteiger partial charge in [-0.25, -0.2) is 27.5 Å². The van der Waals surface area contributed by atoms with Crippen LogP contribution in [0.5, 0.6) is 0 Å². The number of aromatic nitrogens is 3. The van der Waals surface area contributed by atoms with Gasteiger partial charge < -0.3 is 5.32 Å². The molecule has 33 heavy (non-hydrogen) atoms. The lowest BCUT2D eigenvalue weighted by Crippen LogP contribution is -2.18. The van der Waals surface area contributed by atoms with Gasteiger partial charge in [0.25, 0.3) is 0 Å². The van der Waals surface area contributed by atoms with E-state index in [0.29, 0.717) is 44.9 Å². The van der Waals surface area contributed by atoms with Gasteiger partial charge in [-0.3, -0.25) is 4.98 Å².